The van der Waals surface area contributed by atoms with Crippen molar-refractivity contribution in [3.05, 3.63) is 33.8 Å². The smallest absolute Gasteiger partial charge is 0.251 e. The van der Waals surface area contributed by atoms with Gasteiger partial charge in [-0.2, -0.15) is 0 Å². The number of hydrogen-bond donors (Lipinski definition) is 1. The van der Waals surface area contributed by atoms with E-state index in [0.717, 1.165) is 24.6 Å². The third-order valence-corrected chi connectivity index (χ3v) is 3.78. The molecule has 0 bridgehead atoms. The maximum atomic E-state index is 12.0. The highest BCUT2D eigenvalue weighted by Crippen LogP contribution is 2.19. The van der Waals surface area contributed by atoms with Crippen LogP contribution in [-0.2, 0) is 0 Å². The van der Waals surface area contributed by atoms with Crippen LogP contribution in [0, 0.1) is 5.92 Å². The normalized spacial score (nSPS) is 12.2. The van der Waals surface area contributed by atoms with Crippen LogP contribution < -0.4 is 5.32 Å². The Morgan fingerprint density at radius 2 is 1.89 bits per heavy atom. The van der Waals surface area contributed by atoms with Crippen LogP contribution in [0.5, 0.6) is 0 Å². The minimum Gasteiger partial charge on any atom is -0.352 e. The number of halogens is 3. The number of benzene rings is 1. The second kappa shape index (κ2) is 8.83. The predicted molar refractivity (Wildman–Crippen MR) is 85.6 cm³/mol. The van der Waals surface area contributed by atoms with Gasteiger partial charge in [0.1, 0.15) is 0 Å². The van der Waals surface area contributed by atoms with Gasteiger partial charge in [-0.3, -0.25) is 4.79 Å². The lowest BCUT2D eigenvalue weighted by Gasteiger charge is -2.15. The minimum absolute atomic E-state index is 0.125. The third kappa shape index (κ3) is 6.15. The van der Waals surface area contributed by atoms with Crippen LogP contribution in [0.1, 0.15) is 36.5 Å². The Kier molecular flexibility index (Phi) is 7.81. The van der Waals surface area contributed by atoms with Gasteiger partial charge in [0.15, 0.2) is 0 Å². The number of rotatable bonds is 7. The summed E-state index contributed by atoms with van der Waals surface area (Å²) in [5, 5.41) is 4.85. The van der Waals surface area contributed by atoms with Gasteiger partial charge in [-0.05, 0) is 37.0 Å². The minimum atomic E-state index is -0.125. The summed E-state index contributed by atoms with van der Waals surface area (Å²) in [5.74, 6) is 0.378. The van der Waals surface area contributed by atoms with E-state index >= 15 is 0 Å². The number of nitrogens with one attached hydrogen (secondary N) is 1. The van der Waals surface area contributed by atoms with Gasteiger partial charge in [-0.25, -0.2) is 0 Å². The van der Waals surface area contributed by atoms with Crippen molar-refractivity contribution in [2.45, 2.75) is 26.2 Å². The molecule has 106 valence electrons. The van der Waals surface area contributed by atoms with Crippen molar-refractivity contribution in [1.82, 2.24) is 5.32 Å². The molecule has 1 rings (SSSR count). The zero-order valence-corrected chi connectivity index (χ0v) is 14.0. The zero-order valence-electron chi connectivity index (χ0n) is 10.9. The molecule has 0 aliphatic rings. The van der Waals surface area contributed by atoms with Crippen molar-refractivity contribution in [3.63, 3.8) is 0 Å². The second-order valence-corrected chi connectivity index (χ2v) is 6.17. The maximum absolute atomic E-state index is 12.0. The lowest BCUT2D eigenvalue weighted by molar-refractivity contribution is 0.0946. The Hall–Kier alpha value is -0.250. The van der Waals surface area contributed by atoms with Gasteiger partial charge in [-0.1, -0.05) is 52.5 Å². The summed E-state index contributed by atoms with van der Waals surface area (Å²) in [5.41, 5.74) is 0.506. The molecule has 1 N–H and O–H groups in total. The van der Waals surface area contributed by atoms with E-state index in [4.69, 9.17) is 23.2 Å². The molecule has 0 radical (unpaired) electrons. The van der Waals surface area contributed by atoms with Gasteiger partial charge in [0.05, 0.1) is 0 Å². The Morgan fingerprint density at radius 3 is 2.42 bits per heavy atom. The molecule has 0 saturated carbocycles. The largest absolute Gasteiger partial charge is 0.352 e. The summed E-state index contributed by atoms with van der Waals surface area (Å²) in [6.07, 6.45) is 3.29. The molecule has 0 spiro atoms. The van der Waals surface area contributed by atoms with E-state index in [-0.39, 0.29) is 5.91 Å². The Bertz CT molecular complexity index is 400. The number of alkyl halides is 1. The van der Waals surface area contributed by atoms with E-state index in [9.17, 15) is 4.79 Å². The van der Waals surface area contributed by atoms with Gasteiger partial charge in [0, 0.05) is 27.5 Å². The number of carbonyl (C=O) groups excluding carboxylic acids is 1. The summed E-state index contributed by atoms with van der Waals surface area (Å²) in [6, 6.07) is 4.87. The van der Waals surface area contributed by atoms with Crippen molar-refractivity contribution in [1.29, 1.82) is 0 Å². The van der Waals surface area contributed by atoms with E-state index in [0.29, 0.717) is 28.1 Å². The highest BCUT2D eigenvalue weighted by molar-refractivity contribution is 9.09. The average Bonchev–Trinajstić information content (AvgIpc) is 2.35. The monoisotopic (exact) mass is 365 g/mol. The molecule has 0 aromatic heterocycles. The summed E-state index contributed by atoms with van der Waals surface area (Å²) in [4.78, 5) is 12.0. The summed E-state index contributed by atoms with van der Waals surface area (Å²) in [6.45, 7) is 2.84. The highest BCUT2D eigenvalue weighted by Gasteiger charge is 2.11. The van der Waals surface area contributed by atoms with Crippen LogP contribution >= 0.6 is 39.1 Å². The van der Waals surface area contributed by atoms with E-state index in [2.05, 4.69) is 28.2 Å². The summed E-state index contributed by atoms with van der Waals surface area (Å²) in [7, 11) is 0. The first-order chi connectivity index (χ1) is 9.06. The van der Waals surface area contributed by atoms with Gasteiger partial charge in [0.2, 0.25) is 0 Å². The lowest BCUT2D eigenvalue weighted by Crippen LogP contribution is -2.29. The molecule has 2 nitrogen and oxygen atoms in total. The standard InChI is InChI=1S/C14H18BrCl2NO/c1-2-3-10(4-5-15)9-18-14(19)11-6-12(16)8-13(17)7-11/h6-8,10H,2-5,9H2,1H3,(H,18,19). The van der Waals surface area contributed by atoms with Crippen molar-refractivity contribution >= 4 is 45.0 Å². The van der Waals surface area contributed by atoms with Gasteiger partial charge < -0.3 is 5.32 Å². The Labute approximate surface area is 133 Å². The molecular weight excluding hydrogens is 349 g/mol. The average molecular weight is 367 g/mol. The van der Waals surface area contributed by atoms with Crippen molar-refractivity contribution in [2.75, 3.05) is 11.9 Å². The number of amides is 1. The second-order valence-electron chi connectivity index (χ2n) is 4.50. The van der Waals surface area contributed by atoms with Gasteiger partial charge in [-0.15, -0.1) is 0 Å². The SMILES string of the molecule is CCCC(CCBr)CNC(=O)c1cc(Cl)cc(Cl)c1. The predicted octanol–water partition coefficient (Wildman–Crippen LogP) is 4.92. The molecule has 5 heteroatoms. The molecule has 0 fully saturated rings. The molecule has 1 atom stereocenters. The van der Waals surface area contributed by atoms with Crippen molar-refractivity contribution in [3.8, 4) is 0 Å². The first-order valence-electron chi connectivity index (χ1n) is 6.37. The molecule has 1 amide bonds. The van der Waals surface area contributed by atoms with Crippen LogP contribution in [0.25, 0.3) is 0 Å². The van der Waals surface area contributed by atoms with Crippen LogP contribution in [0.2, 0.25) is 10.0 Å². The van der Waals surface area contributed by atoms with Crippen LogP contribution in [-0.4, -0.2) is 17.8 Å². The van der Waals surface area contributed by atoms with E-state index in [1.54, 1.807) is 18.2 Å². The molecule has 0 heterocycles. The molecule has 0 aliphatic heterocycles. The quantitative estimate of drug-likeness (QED) is 0.681. The molecule has 1 unspecified atom stereocenters. The van der Waals surface area contributed by atoms with Gasteiger partial charge in [0.25, 0.3) is 5.91 Å². The highest BCUT2D eigenvalue weighted by atomic mass is 79.9. The topological polar surface area (TPSA) is 29.1 Å². The van der Waals surface area contributed by atoms with Gasteiger partial charge >= 0.3 is 0 Å². The zero-order chi connectivity index (χ0) is 14.3. The molecule has 19 heavy (non-hydrogen) atoms. The van der Waals surface area contributed by atoms with E-state index in [1.807, 2.05) is 0 Å². The Balaban J connectivity index is 2.58. The molecule has 0 saturated heterocycles. The van der Waals surface area contributed by atoms with Crippen LogP contribution in [0.15, 0.2) is 18.2 Å². The summed E-state index contributed by atoms with van der Waals surface area (Å²) >= 11 is 15.2. The first kappa shape index (κ1) is 16.8. The first-order valence-corrected chi connectivity index (χ1v) is 8.24. The number of carbonyl (C=O) groups is 1. The third-order valence-electron chi connectivity index (χ3n) is 2.89. The fraction of sp³-hybridized carbons (Fsp3) is 0.500. The van der Waals surface area contributed by atoms with Crippen molar-refractivity contribution < 1.29 is 4.79 Å². The van der Waals surface area contributed by atoms with Crippen LogP contribution in [0.3, 0.4) is 0 Å². The summed E-state index contributed by atoms with van der Waals surface area (Å²) < 4.78 is 0. The lowest BCUT2D eigenvalue weighted by atomic mass is 10.0. The molecule has 1 aromatic rings. The van der Waals surface area contributed by atoms with Crippen LogP contribution in [0.4, 0.5) is 0 Å². The molecule has 1 aromatic carbocycles. The van der Waals surface area contributed by atoms with E-state index < -0.39 is 0 Å². The molecular formula is C14H18BrCl2NO. The maximum Gasteiger partial charge on any atom is 0.251 e. The van der Waals surface area contributed by atoms with Crippen molar-refractivity contribution in [2.24, 2.45) is 5.92 Å². The fourth-order valence-electron chi connectivity index (χ4n) is 1.94. The number of hydrogen-bond acceptors (Lipinski definition) is 1. The van der Waals surface area contributed by atoms with E-state index in [1.165, 1.54) is 0 Å². The fourth-order valence-corrected chi connectivity index (χ4v) is 3.11. The Morgan fingerprint density at radius 1 is 1.26 bits per heavy atom. The molecule has 0 aliphatic carbocycles.